The predicted octanol–water partition coefficient (Wildman–Crippen LogP) is 6.38. The lowest BCUT2D eigenvalue weighted by Crippen LogP contribution is -2.58. The van der Waals surface area contributed by atoms with E-state index in [2.05, 4.69) is 27.7 Å². The zero-order valence-electron chi connectivity index (χ0n) is 20.6. The standard InChI is InChI=1S/C27H46O4/c1-17-10-12-26(3)19(14-17)15-23(31-16-30-5)25-21-8-7-20(18(2)6-9-24(28)29)27(21,4)13-11-22(25)26/h17-23,25H,6-16H2,1-5H3,(H,28,29)/t17-,18-,19+,20-,21+,22+,23?,25+,26+,27-/m1/s1. The van der Waals surface area contributed by atoms with Crippen LogP contribution in [0.2, 0.25) is 0 Å². The molecule has 0 spiro atoms. The van der Waals surface area contributed by atoms with Gasteiger partial charge in [0.15, 0.2) is 0 Å². The maximum atomic E-state index is 11.2. The molecule has 0 aromatic carbocycles. The van der Waals surface area contributed by atoms with Crippen molar-refractivity contribution in [2.45, 2.75) is 98.0 Å². The van der Waals surface area contributed by atoms with Crippen LogP contribution < -0.4 is 0 Å². The molecule has 178 valence electrons. The summed E-state index contributed by atoms with van der Waals surface area (Å²) in [4.78, 5) is 11.2. The summed E-state index contributed by atoms with van der Waals surface area (Å²) in [5.41, 5.74) is 0.803. The molecule has 0 saturated heterocycles. The third kappa shape index (κ3) is 4.09. The second-order valence-electron chi connectivity index (χ2n) is 12.4. The molecule has 4 aliphatic carbocycles. The molecular weight excluding hydrogens is 388 g/mol. The van der Waals surface area contributed by atoms with Crippen molar-refractivity contribution in [3.05, 3.63) is 0 Å². The van der Waals surface area contributed by atoms with Crippen molar-refractivity contribution in [1.82, 2.24) is 0 Å². The second kappa shape index (κ2) is 8.97. The van der Waals surface area contributed by atoms with Gasteiger partial charge in [0.2, 0.25) is 0 Å². The fourth-order valence-electron chi connectivity index (χ4n) is 9.27. The lowest BCUT2D eigenvalue weighted by atomic mass is 9.43. The number of carboxylic acids is 1. The van der Waals surface area contributed by atoms with Gasteiger partial charge >= 0.3 is 5.97 Å². The fraction of sp³-hybridized carbons (Fsp3) is 0.963. The fourth-order valence-corrected chi connectivity index (χ4v) is 9.27. The maximum absolute atomic E-state index is 11.2. The highest BCUT2D eigenvalue weighted by Crippen LogP contribution is 2.69. The van der Waals surface area contributed by atoms with Gasteiger partial charge in [0.05, 0.1) is 6.10 Å². The molecule has 0 aromatic rings. The summed E-state index contributed by atoms with van der Waals surface area (Å²) in [5.74, 6) is 4.24. The largest absolute Gasteiger partial charge is 0.481 e. The number of carboxylic acid groups (broad SMARTS) is 1. The van der Waals surface area contributed by atoms with E-state index in [0.717, 1.165) is 24.2 Å². The average Bonchev–Trinajstić information content (AvgIpc) is 3.08. The normalized spacial score (nSPS) is 47.8. The van der Waals surface area contributed by atoms with Gasteiger partial charge in [-0.3, -0.25) is 4.79 Å². The second-order valence-corrected chi connectivity index (χ2v) is 12.4. The first-order valence-electron chi connectivity index (χ1n) is 13.0. The van der Waals surface area contributed by atoms with Crippen LogP contribution in [0.3, 0.4) is 0 Å². The SMILES string of the molecule is COCOC1C[C@@H]2C[C@H](C)CC[C@]2(C)[C@H]2CC[C@]3(C)[C@@H]([C@H](C)CCC(=O)O)CC[C@H]3[C@H]12. The molecule has 0 aromatic heterocycles. The van der Waals surface area contributed by atoms with Gasteiger partial charge in [-0.15, -0.1) is 0 Å². The van der Waals surface area contributed by atoms with Crippen molar-refractivity contribution in [3.8, 4) is 0 Å². The van der Waals surface area contributed by atoms with Crippen molar-refractivity contribution in [2.75, 3.05) is 13.9 Å². The van der Waals surface area contributed by atoms with E-state index >= 15 is 0 Å². The Morgan fingerprint density at radius 3 is 2.48 bits per heavy atom. The first-order valence-corrected chi connectivity index (χ1v) is 13.0. The van der Waals surface area contributed by atoms with Gasteiger partial charge < -0.3 is 14.6 Å². The number of hydrogen-bond acceptors (Lipinski definition) is 3. The third-order valence-corrected chi connectivity index (χ3v) is 10.9. The molecule has 31 heavy (non-hydrogen) atoms. The van der Waals surface area contributed by atoms with E-state index in [1.54, 1.807) is 7.11 Å². The summed E-state index contributed by atoms with van der Waals surface area (Å²) in [6.07, 6.45) is 12.0. The van der Waals surface area contributed by atoms with Crippen molar-refractivity contribution in [3.63, 3.8) is 0 Å². The van der Waals surface area contributed by atoms with Crippen LogP contribution in [0.15, 0.2) is 0 Å². The van der Waals surface area contributed by atoms with Gasteiger partial charge in [-0.25, -0.2) is 0 Å². The highest BCUT2D eigenvalue weighted by Gasteiger charge is 2.63. The maximum Gasteiger partial charge on any atom is 0.303 e. The summed E-state index contributed by atoms with van der Waals surface area (Å²) in [6, 6.07) is 0. The smallest absolute Gasteiger partial charge is 0.303 e. The zero-order valence-corrected chi connectivity index (χ0v) is 20.6. The topological polar surface area (TPSA) is 55.8 Å². The minimum absolute atomic E-state index is 0.308. The summed E-state index contributed by atoms with van der Waals surface area (Å²) >= 11 is 0. The molecule has 1 unspecified atom stereocenters. The Morgan fingerprint density at radius 1 is 1.06 bits per heavy atom. The molecule has 10 atom stereocenters. The van der Waals surface area contributed by atoms with Gasteiger partial charge in [-0.05, 0) is 104 Å². The van der Waals surface area contributed by atoms with Crippen LogP contribution in [0.1, 0.15) is 91.9 Å². The van der Waals surface area contributed by atoms with Gasteiger partial charge in [0, 0.05) is 13.5 Å². The Morgan fingerprint density at radius 2 is 1.77 bits per heavy atom. The predicted molar refractivity (Wildman–Crippen MR) is 123 cm³/mol. The van der Waals surface area contributed by atoms with Crippen LogP contribution in [0.4, 0.5) is 0 Å². The van der Waals surface area contributed by atoms with Gasteiger partial charge in [0.1, 0.15) is 6.79 Å². The monoisotopic (exact) mass is 434 g/mol. The molecule has 0 radical (unpaired) electrons. The Bertz CT molecular complexity index is 649. The Kier molecular flexibility index (Phi) is 6.81. The summed E-state index contributed by atoms with van der Waals surface area (Å²) in [7, 11) is 1.74. The molecule has 0 bridgehead atoms. The van der Waals surface area contributed by atoms with Crippen LogP contribution in [-0.4, -0.2) is 31.1 Å². The minimum atomic E-state index is -0.652. The zero-order chi connectivity index (χ0) is 22.4. The van der Waals surface area contributed by atoms with Crippen molar-refractivity contribution in [1.29, 1.82) is 0 Å². The molecule has 1 N–H and O–H groups in total. The van der Waals surface area contributed by atoms with Crippen molar-refractivity contribution >= 4 is 5.97 Å². The molecule has 4 rings (SSSR count). The van der Waals surface area contributed by atoms with Crippen molar-refractivity contribution in [2.24, 2.45) is 52.3 Å². The lowest BCUT2D eigenvalue weighted by molar-refractivity contribution is -0.204. The first-order chi connectivity index (χ1) is 14.7. The van der Waals surface area contributed by atoms with Gasteiger partial charge in [0.25, 0.3) is 0 Å². The van der Waals surface area contributed by atoms with Crippen LogP contribution in [0, 0.1) is 52.3 Å². The van der Waals surface area contributed by atoms with E-state index in [1.807, 2.05) is 0 Å². The highest BCUT2D eigenvalue weighted by molar-refractivity contribution is 5.66. The number of ether oxygens (including phenoxy) is 2. The Hall–Kier alpha value is -0.610. The number of fused-ring (bicyclic) bond motifs is 5. The van der Waals surface area contributed by atoms with Gasteiger partial charge in [-0.2, -0.15) is 0 Å². The molecule has 0 heterocycles. The first kappa shape index (κ1) is 23.5. The Balaban J connectivity index is 1.59. The molecule has 4 nitrogen and oxygen atoms in total. The third-order valence-electron chi connectivity index (χ3n) is 10.9. The quantitative estimate of drug-likeness (QED) is 0.472. The molecule has 4 heteroatoms. The summed E-state index contributed by atoms with van der Waals surface area (Å²) in [6.45, 7) is 10.3. The summed E-state index contributed by atoms with van der Waals surface area (Å²) < 4.78 is 11.8. The van der Waals surface area contributed by atoms with Crippen LogP contribution in [0.25, 0.3) is 0 Å². The lowest BCUT2D eigenvalue weighted by Gasteiger charge is -2.63. The number of methoxy groups -OCH3 is 1. The molecule has 4 saturated carbocycles. The average molecular weight is 435 g/mol. The van der Waals surface area contributed by atoms with E-state index in [1.165, 1.54) is 51.4 Å². The van der Waals surface area contributed by atoms with Crippen LogP contribution in [0.5, 0.6) is 0 Å². The molecule has 0 aliphatic heterocycles. The van der Waals surface area contributed by atoms with E-state index < -0.39 is 5.97 Å². The molecule has 4 aliphatic rings. The number of rotatable bonds is 7. The van der Waals surface area contributed by atoms with Gasteiger partial charge in [-0.1, -0.05) is 34.1 Å². The molecular formula is C27H46O4. The van der Waals surface area contributed by atoms with Crippen LogP contribution >= 0.6 is 0 Å². The molecule has 4 fully saturated rings. The number of carbonyl (C=O) groups is 1. The van der Waals surface area contributed by atoms with E-state index in [9.17, 15) is 9.90 Å². The van der Waals surface area contributed by atoms with E-state index in [-0.39, 0.29) is 0 Å². The molecule has 0 amide bonds. The highest BCUT2D eigenvalue weighted by atomic mass is 16.7. The minimum Gasteiger partial charge on any atom is -0.481 e. The Labute approximate surface area is 189 Å². The van der Waals surface area contributed by atoms with Crippen LogP contribution in [-0.2, 0) is 14.3 Å². The van der Waals surface area contributed by atoms with E-state index in [0.29, 0.717) is 53.8 Å². The van der Waals surface area contributed by atoms with E-state index in [4.69, 9.17) is 9.47 Å². The number of hydrogen-bond donors (Lipinski definition) is 1. The summed E-state index contributed by atoms with van der Waals surface area (Å²) in [5, 5.41) is 9.20. The number of aliphatic carboxylic acids is 1. The van der Waals surface area contributed by atoms with Crippen molar-refractivity contribution < 1.29 is 19.4 Å².